The Morgan fingerprint density at radius 2 is 2.20 bits per heavy atom. The van der Waals surface area contributed by atoms with Gasteiger partial charge in [-0.15, -0.1) is 11.7 Å². The molecule has 0 aliphatic rings. The molecule has 0 aliphatic heterocycles. The van der Waals surface area contributed by atoms with Crippen molar-refractivity contribution in [3.05, 3.63) is 0 Å². The summed E-state index contributed by atoms with van der Waals surface area (Å²) in [5.74, 6) is 0. The van der Waals surface area contributed by atoms with Gasteiger partial charge in [0.05, 0.1) is 6.61 Å². The second kappa shape index (κ2) is 6.58. The van der Waals surface area contributed by atoms with Gasteiger partial charge >= 0.3 is 0 Å². The van der Waals surface area contributed by atoms with Crippen LogP contribution in [-0.4, -0.2) is 26.9 Å². The summed E-state index contributed by atoms with van der Waals surface area (Å²) in [6.45, 7) is 8.39. The first-order chi connectivity index (χ1) is 4.72. The summed E-state index contributed by atoms with van der Waals surface area (Å²) in [6.07, 6.45) is 0. The molecule has 0 bridgehead atoms. The summed E-state index contributed by atoms with van der Waals surface area (Å²) < 4.78 is 5.31. The first-order valence-corrected chi connectivity index (χ1v) is 8.51. The summed E-state index contributed by atoms with van der Waals surface area (Å²) in [7, 11) is 1.09. The largest absolute Gasteiger partial charge is 0.381 e. The van der Waals surface area contributed by atoms with E-state index in [4.69, 9.17) is 4.74 Å². The van der Waals surface area contributed by atoms with E-state index in [0.29, 0.717) is 4.87 Å². The van der Waals surface area contributed by atoms with Crippen LogP contribution < -0.4 is 0 Å². The van der Waals surface area contributed by atoms with E-state index in [-0.39, 0.29) is 0 Å². The summed E-state index contributed by atoms with van der Waals surface area (Å²) >= 11 is 4.20. The van der Waals surface area contributed by atoms with Crippen LogP contribution in [-0.2, 0) is 4.74 Å². The lowest BCUT2D eigenvalue weighted by atomic mass is 10.8. The van der Waals surface area contributed by atoms with E-state index in [1.165, 1.54) is 0 Å². The smallest absolute Gasteiger partial charge is 0.0564 e. The molecule has 0 aromatic heterocycles. The highest BCUT2D eigenvalue weighted by Gasteiger charge is 2.12. The molecule has 0 radical (unpaired) electrons. The zero-order chi connectivity index (χ0) is 7.98. The minimum atomic E-state index is -0.556. The summed E-state index contributed by atoms with van der Waals surface area (Å²) in [5, 5.41) is 0. The van der Waals surface area contributed by atoms with Crippen LogP contribution >= 0.6 is 22.5 Å². The van der Waals surface area contributed by atoms with Crippen LogP contribution in [0, 0.1) is 0 Å². The Bertz CT molecular complexity index is 80.1. The van der Waals surface area contributed by atoms with Gasteiger partial charge in [0.2, 0.25) is 0 Å². The predicted octanol–water partition coefficient (Wildman–Crippen LogP) is 2.00. The molecule has 0 aromatic carbocycles. The molecule has 0 fully saturated rings. The van der Waals surface area contributed by atoms with Crippen LogP contribution in [0.5, 0.6) is 0 Å². The number of rotatable bonds is 5. The van der Waals surface area contributed by atoms with Gasteiger partial charge in [0.15, 0.2) is 0 Å². The maximum Gasteiger partial charge on any atom is 0.0564 e. The van der Waals surface area contributed by atoms with E-state index in [9.17, 15) is 0 Å². The zero-order valence-electron chi connectivity index (χ0n) is 6.83. The van der Waals surface area contributed by atoms with Crippen molar-refractivity contribution in [2.75, 3.05) is 13.2 Å². The van der Waals surface area contributed by atoms with Gasteiger partial charge < -0.3 is 4.74 Å². The molecule has 0 aromatic rings. The molecule has 1 atom stereocenters. The molecule has 62 valence electrons. The fourth-order valence-corrected chi connectivity index (χ4v) is 4.60. The van der Waals surface area contributed by atoms with E-state index in [1.807, 2.05) is 6.92 Å². The van der Waals surface area contributed by atoms with Gasteiger partial charge in [-0.25, -0.2) is 0 Å². The van der Waals surface area contributed by atoms with Crippen molar-refractivity contribution in [1.29, 1.82) is 0 Å². The molecule has 0 rings (SSSR count). The van der Waals surface area contributed by atoms with Crippen molar-refractivity contribution in [2.24, 2.45) is 0 Å². The third kappa shape index (κ3) is 4.66. The van der Waals surface area contributed by atoms with Crippen LogP contribution in [0.3, 0.4) is 0 Å². The van der Waals surface area contributed by atoms with Gasteiger partial charge in [-0.2, -0.15) is 0 Å². The van der Waals surface area contributed by atoms with Gasteiger partial charge in [0, 0.05) is 20.3 Å². The standard InChI is InChI=1S/C6H16OS2Si/c1-4-7-5-6(9-8)10(2)3/h6,8,10H,4-5H2,1-3H3. The first-order valence-electron chi connectivity index (χ1n) is 3.60. The Morgan fingerprint density at radius 3 is 2.50 bits per heavy atom. The molecule has 1 nitrogen and oxygen atoms in total. The molecule has 0 heterocycles. The van der Waals surface area contributed by atoms with Gasteiger partial charge in [0.1, 0.15) is 0 Å². The van der Waals surface area contributed by atoms with Gasteiger partial charge in [-0.05, 0) is 6.92 Å². The van der Waals surface area contributed by atoms with Gasteiger partial charge in [0.25, 0.3) is 0 Å². The molecule has 10 heavy (non-hydrogen) atoms. The predicted molar refractivity (Wildman–Crippen MR) is 55.7 cm³/mol. The lowest BCUT2D eigenvalue weighted by Crippen LogP contribution is -2.25. The van der Waals surface area contributed by atoms with Crippen molar-refractivity contribution in [3.63, 3.8) is 0 Å². The van der Waals surface area contributed by atoms with Crippen LogP contribution in [0.2, 0.25) is 13.1 Å². The maximum absolute atomic E-state index is 5.31. The van der Waals surface area contributed by atoms with Crippen LogP contribution in [0.1, 0.15) is 6.92 Å². The second-order valence-corrected chi connectivity index (χ2v) is 7.77. The van der Waals surface area contributed by atoms with E-state index >= 15 is 0 Å². The third-order valence-corrected chi connectivity index (χ3v) is 6.99. The fraction of sp³-hybridized carbons (Fsp3) is 1.00. The molecule has 0 spiro atoms. The Hall–Kier alpha value is 0.877. The SMILES string of the molecule is CCOCC(SS)[SiH](C)C. The summed E-state index contributed by atoms with van der Waals surface area (Å²) in [4.78, 5) is 0.670. The lowest BCUT2D eigenvalue weighted by Gasteiger charge is -2.15. The Balaban J connectivity index is 3.40. The highest BCUT2D eigenvalue weighted by Crippen LogP contribution is 2.17. The molecule has 0 aliphatic carbocycles. The number of ether oxygens (including phenoxy) is 1. The molecule has 1 unspecified atom stereocenters. The van der Waals surface area contributed by atoms with Crippen molar-refractivity contribution < 1.29 is 4.74 Å². The van der Waals surface area contributed by atoms with E-state index in [0.717, 1.165) is 13.2 Å². The van der Waals surface area contributed by atoms with E-state index < -0.39 is 8.80 Å². The highest BCUT2D eigenvalue weighted by atomic mass is 33.1. The average Bonchev–Trinajstić information content (AvgIpc) is 1.89. The number of thiol groups is 1. The molecular formula is C6H16OS2Si. The Labute approximate surface area is 74.3 Å². The third-order valence-electron chi connectivity index (χ3n) is 1.37. The van der Waals surface area contributed by atoms with Crippen molar-refractivity contribution >= 4 is 31.3 Å². The maximum atomic E-state index is 5.31. The molecule has 0 amide bonds. The first kappa shape index (κ1) is 10.9. The van der Waals surface area contributed by atoms with Crippen molar-refractivity contribution in [2.45, 2.75) is 24.9 Å². The minimum absolute atomic E-state index is 0.556. The van der Waals surface area contributed by atoms with Crippen LogP contribution in [0.15, 0.2) is 0 Å². The number of hydrogen-bond donors (Lipinski definition) is 1. The molecule has 4 heteroatoms. The van der Waals surface area contributed by atoms with Crippen LogP contribution in [0.25, 0.3) is 0 Å². The lowest BCUT2D eigenvalue weighted by molar-refractivity contribution is 0.159. The van der Waals surface area contributed by atoms with E-state index in [2.05, 4.69) is 24.8 Å². The minimum Gasteiger partial charge on any atom is -0.381 e. The zero-order valence-corrected chi connectivity index (χ0v) is 9.70. The van der Waals surface area contributed by atoms with Crippen LogP contribution in [0.4, 0.5) is 0 Å². The summed E-state index contributed by atoms with van der Waals surface area (Å²) in [6, 6.07) is 0. The van der Waals surface area contributed by atoms with E-state index in [1.54, 1.807) is 10.8 Å². The molecular weight excluding hydrogens is 180 g/mol. The van der Waals surface area contributed by atoms with Gasteiger partial charge in [-0.3, -0.25) is 0 Å². The average molecular weight is 196 g/mol. The monoisotopic (exact) mass is 196 g/mol. The normalized spacial score (nSPS) is 14.1. The van der Waals surface area contributed by atoms with Gasteiger partial charge in [-0.1, -0.05) is 23.9 Å². The second-order valence-electron chi connectivity index (χ2n) is 2.55. The molecule has 0 saturated carbocycles. The number of hydrogen-bond acceptors (Lipinski definition) is 3. The van der Waals surface area contributed by atoms with Crippen molar-refractivity contribution in [3.8, 4) is 0 Å². The highest BCUT2D eigenvalue weighted by molar-refractivity contribution is 8.69. The molecule has 0 N–H and O–H groups in total. The Kier molecular flexibility index (Phi) is 7.16. The fourth-order valence-electron chi connectivity index (χ4n) is 0.579. The summed E-state index contributed by atoms with van der Waals surface area (Å²) in [5.41, 5.74) is 0. The molecule has 0 saturated heterocycles. The quantitative estimate of drug-likeness (QED) is 0.409. The Morgan fingerprint density at radius 1 is 1.60 bits per heavy atom. The van der Waals surface area contributed by atoms with Crippen molar-refractivity contribution in [1.82, 2.24) is 0 Å². The topological polar surface area (TPSA) is 9.23 Å².